The molecule has 0 saturated carbocycles. The summed E-state index contributed by atoms with van der Waals surface area (Å²) in [7, 11) is 0. The lowest BCUT2D eigenvalue weighted by Gasteiger charge is -2.50. The van der Waals surface area contributed by atoms with Gasteiger partial charge in [0.1, 0.15) is 19.3 Å². The summed E-state index contributed by atoms with van der Waals surface area (Å²) in [6, 6.07) is 13.2. The van der Waals surface area contributed by atoms with Gasteiger partial charge in [0.25, 0.3) is 11.9 Å². The summed E-state index contributed by atoms with van der Waals surface area (Å²) in [6.07, 6.45) is 1.76. The molecule has 10 heteroatoms. The van der Waals surface area contributed by atoms with E-state index in [1.807, 2.05) is 30.3 Å². The van der Waals surface area contributed by atoms with Crippen LogP contribution in [0.1, 0.15) is 29.4 Å². The fourth-order valence-corrected chi connectivity index (χ4v) is 4.03. The van der Waals surface area contributed by atoms with Crippen LogP contribution >= 0.6 is 0 Å². The van der Waals surface area contributed by atoms with Crippen LogP contribution in [0.15, 0.2) is 48.7 Å². The number of amides is 2. The van der Waals surface area contributed by atoms with Gasteiger partial charge in [0.05, 0.1) is 5.54 Å². The van der Waals surface area contributed by atoms with Crippen LogP contribution in [0.5, 0.6) is 5.75 Å². The highest BCUT2D eigenvalue weighted by Crippen LogP contribution is 2.37. The van der Waals surface area contributed by atoms with Crippen LogP contribution in [0.2, 0.25) is 0 Å². The number of carboxylic acids is 1. The zero-order chi connectivity index (χ0) is 23.8. The van der Waals surface area contributed by atoms with Gasteiger partial charge in [-0.3, -0.25) is 14.4 Å². The highest BCUT2D eigenvalue weighted by Gasteiger charge is 2.50. The Hall–Kier alpha value is -3.50. The molecule has 0 aliphatic carbocycles. The van der Waals surface area contributed by atoms with Gasteiger partial charge in [-0.2, -0.15) is 0 Å². The van der Waals surface area contributed by atoms with E-state index < -0.39 is 11.5 Å². The van der Waals surface area contributed by atoms with Crippen molar-refractivity contribution in [1.82, 2.24) is 15.2 Å². The predicted octanol–water partition coefficient (Wildman–Crippen LogP) is 0.766. The van der Waals surface area contributed by atoms with E-state index in [4.69, 9.17) is 25.1 Å². The lowest BCUT2D eigenvalue weighted by molar-refractivity contribution is -0.150. The molecule has 2 atom stereocenters. The minimum Gasteiger partial charge on any atom is -0.490 e. The number of carboxylic acid groups (broad SMARTS) is 1. The number of morpholine rings is 1. The predicted molar refractivity (Wildman–Crippen MR) is 119 cm³/mol. The average molecular weight is 456 g/mol. The first-order valence-electron chi connectivity index (χ1n) is 10.6. The van der Waals surface area contributed by atoms with E-state index in [9.17, 15) is 9.59 Å². The molecule has 2 aliphatic rings. The molecule has 1 aromatic carbocycles. The van der Waals surface area contributed by atoms with Gasteiger partial charge in [0, 0.05) is 32.8 Å². The topological polar surface area (TPSA) is 144 Å². The number of nitrogens with one attached hydrogen (secondary N) is 1. The smallest absolute Gasteiger partial charge is 0.300 e. The molecule has 10 nitrogen and oxygen atoms in total. The number of benzene rings is 1. The Morgan fingerprint density at radius 3 is 2.73 bits per heavy atom. The number of ether oxygens (including phenoxy) is 2. The number of carbonyl (C=O) groups is 3. The fourth-order valence-electron chi connectivity index (χ4n) is 4.03. The third-order valence-electron chi connectivity index (χ3n) is 5.41. The average Bonchev–Trinajstić information content (AvgIpc) is 2.82. The molecule has 1 aromatic heterocycles. The van der Waals surface area contributed by atoms with Crippen molar-refractivity contribution in [1.29, 1.82) is 0 Å². The van der Waals surface area contributed by atoms with Crippen LogP contribution < -0.4 is 15.8 Å². The maximum atomic E-state index is 13.2. The van der Waals surface area contributed by atoms with E-state index in [0.717, 1.165) is 12.5 Å². The van der Waals surface area contributed by atoms with Crippen LogP contribution in [0.25, 0.3) is 0 Å². The molecule has 0 radical (unpaired) electrons. The molecule has 2 aliphatic heterocycles. The standard InChI is InChI=1S/C21H24N4O4.C2H4O2/c22-9-12-28-16-7-4-10-23-19(16)20(27)25-11-8-21(15-5-2-1-3-6-15)17(13-25)29-14-18(26)24-21;1-2(3)4/h1-7,10,17H,8-9,11-14,22H2,(H,24,26);1H3,(H,3,4)/t17-,21+;/m1./s1. The van der Waals surface area contributed by atoms with Gasteiger partial charge in [0.2, 0.25) is 5.91 Å². The van der Waals surface area contributed by atoms with Gasteiger partial charge < -0.3 is 30.5 Å². The summed E-state index contributed by atoms with van der Waals surface area (Å²) in [5.74, 6) is -0.785. The Labute approximate surface area is 191 Å². The normalized spacial score (nSPS) is 21.7. The lowest BCUT2D eigenvalue weighted by atomic mass is 9.77. The molecule has 0 spiro atoms. The fraction of sp³-hybridized carbons (Fsp3) is 0.391. The first kappa shape index (κ1) is 24.1. The number of fused-ring (bicyclic) bond motifs is 1. The molecule has 2 saturated heterocycles. The summed E-state index contributed by atoms with van der Waals surface area (Å²) in [4.78, 5) is 40.2. The van der Waals surface area contributed by atoms with Gasteiger partial charge in [0.15, 0.2) is 11.4 Å². The highest BCUT2D eigenvalue weighted by atomic mass is 16.5. The lowest BCUT2D eigenvalue weighted by Crippen LogP contribution is -2.67. The monoisotopic (exact) mass is 456 g/mol. The summed E-state index contributed by atoms with van der Waals surface area (Å²) in [5, 5.41) is 10.5. The number of nitrogens with zero attached hydrogens (tertiary/aromatic N) is 2. The van der Waals surface area contributed by atoms with Crippen LogP contribution in [0.3, 0.4) is 0 Å². The second-order valence-electron chi connectivity index (χ2n) is 7.69. The van der Waals surface area contributed by atoms with Crippen molar-refractivity contribution in [2.45, 2.75) is 25.0 Å². The number of rotatable bonds is 5. The Kier molecular flexibility index (Phi) is 7.96. The molecule has 0 unspecified atom stereocenters. The Morgan fingerprint density at radius 2 is 2.03 bits per heavy atom. The molecule has 0 bridgehead atoms. The largest absolute Gasteiger partial charge is 0.490 e. The highest BCUT2D eigenvalue weighted by molar-refractivity contribution is 5.95. The quantitative estimate of drug-likeness (QED) is 0.598. The number of pyridine rings is 1. The summed E-state index contributed by atoms with van der Waals surface area (Å²) in [5.41, 5.74) is 6.10. The second kappa shape index (κ2) is 10.9. The van der Waals surface area contributed by atoms with Crippen LogP contribution in [0.4, 0.5) is 0 Å². The van der Waals surface area contributed by atoms with Crippen LogP contribution in [0, 0.1) is 0 Å². The Morgan fingerprint density at radius 1 is 1.30 bits per heavy atom. The minimum absolute atomic E-state index is 0.0181. The van der Waals surface area contributed by atoms with E-state index >= 15 is 0 Å². The number of piperidine rings is 1. The number of carbonyl (C=O) groups excluding carboxylic acids is 2. The third-order valence-corrected chi connectivity index (χ3v) is 5.41. The number of nitrogens with two attached hydrogens (primary N) is 1. The van der Waals surface area contributed by atoms with Crippen LogP contribution in [-0.4, -0.2) is 71.7 Å². The van der Waals surface area contributed by atoms with Crippen molar-refractivity contribution in [3.05, 3.63) is 59.9 Å². The van der Waals surface area contributed by atoms with E-state index in [2.05, 4.69) is 10.3 Å². The molecule has 33 heavy (non-hydrogen) atoms. The zero-order valence-corrected chi connectivity index (χ0v) is 18.4. The molecule has 176 valence electrons. The number of likely N-dealkylation sites (tertiary alicyclic amines) is 1. The molecular weight excluding hydrogens is 428 g/mol. The van der Waals surface area contributed by atoms with Gasteiger partial charge in [-0.25, -0.2) is 4.98 Å². The number of aliphatic carboxylic acids is 1. The first-order valence-corrected chi connectivity index (χ1v) is 10.6. The maximum absolute atomic E-state index is 13.2. The van der Waals surface area contributed by atoms with E-state index in [1.165, 1.54) is 0 Å². The summed E-state index contributed by atoms with van der Waals surface area (Å²) < 4.78 is 11.5. The molecular formula is C23H28N4O6. The van der Waals surface area contributed by atoms with Gasteiger partial charge >= 0.3 is 0 Å². The van der Waals surface area contributed by atoms with Crippen molar-refractivity contribution in [3.63, 3.8) is 0 Å². The molecule has 2 fully saturated rings. The summed E-state index contributed by atoms with van der Waals surface area (Å²) in [6.45, 7) is 2.53. The van der Waals surface area contributed by atoms with Crippen LogP contribution in [-0.2, 0) is 19.9 Å². The van der Waals surface area contributed by atoms with Crippen molar-refractivity contribution in [2.75, 3.05) is 32.8 Å². The Balaban J connectivity index is 0.000000709. The van der Waals surface area contributed by atoms with Gasteiger partial charge in [-0.15, -0.1) is 0 Å². The van der Waals surface area contributed by atoms with Crippen molar-refractivity contribution >= 4 is 17.8 Å². The zero-order valence-electron chi connectivity index (χ0n) is 18.4. The van der Waals surface area contributed by atoms with Crippen molar-refractivity contribution < 1.29 is 29.0 Å². The van der Waals surface area contributed by atoms with Gasteiger partial charge in [-0.1, -0.05) is 30.3 Å². The third kappa shape index (κ3) is 5.65. The minimum atomic E-state index is -0.833. The number of hydrogen-bond donors (Lipinski definition) is 3. The SMILES string of the molecule is CC(=O)O.NCCOc1cccnc1C(=O)N1CC[C@@]2(c3ccccc3)NC(=O)CO[C@@H]2C1. The van der Waals surface area contributed by atoms with Gasteiger partial charge in [-0.05, 0) is 24.1 Å². The second-order valence-corrected chi connectivity index (χ2v) is 7.69. The number of hydrogen-bond acceptors (Lipinski definition) is 7. The molecule has 3 heterocycles. The first-order chi connectivity index (χ1) is 15.9. The molecule has 2 aromatic rings. The maximum Gasteiger partial charge on any atom is 0.300 e. The Bertz CT molecular complexity index is 982. The van der Waals surface area contributed by atoms with E-state index in [-0.39, 0.29) is 30.2 Å². The van der Waals surface area contributed by atoms with Crippen molar-refractivity contribution in [2.24, 2.45) is 5.73 Å². The molecule has 2 amide bonds. The summed E-state index contributed by atoms with van der Waals surface area (Å²) >= 11 is 0. The molecule has 4 rings (SSSR count). The van der Waals surface area contributed by atoms with E-state index in [0.29, 0.717) is 38.4 Å². The van der Waals surface area contributed by atoms with Crippen molar-refractivity contribution in [3.8, 4) is 5.75 Å². The van der Waals surface area contributed by atoms with E-state index in [1.54, 1.807) is 23.2 Å². The number of aromatic nitrogens is 1. The molecule has 4 N–H and O–H groups in total.